The van der Waals surface area contributed by atoms with Gasteiger partial charge in [0.15, 0.2) is 6.61 Å². The molecule has 0 saturated heterocycles. The van der Waals surface area contributed by atoms with Crippen molar-refractivity contribution in [3.8, 4) is 0 Å². The van der Waals surface area contributed by atoms with Crippen LogP contribution in [0.1, 0.15) is 35.7 Å². The second-order valence-corrected chi connectivity index (χ2v) is 6.11. The highest BCUT2D eigenvalue weighted by atomic mass is 16.5. The van der Waals surface area contributed by atoms with Gasteiger partial charge in [0.25, 0.3) is 11.8 Å². The number of hydrogen-bond donors (Lipinski definition) is 2. The Hall–Kier alpha value is -3.55. The summed E-state index contributed by atoms with van der Waals surface area (Å²) in [5, 5.41) is 0. The molecule has 2 amide bonds. The molecule has 154 valence electrons. The van der Waals surface area contributed by atoms with Crippen LogP contribution in [-0.4, -0.2) is 37.5 Å². The van der Waals surface area contributed by atoms with Crippen LogP contribution in [0.2, 0.25) is 0 Å². The Morgan fingerprint density at radius 1 is 1.03 bits per heavy atom. The van der Waals surface area contributed by atoms with Crippen LogP contribution in [0.5, 0.6) is 0 Å². The number of hydrogen-bond acceptors (Lipinski definition) is 6. The first-order valence-electron chi connectivity index (χ1n) is 9.28. The molecular formula is C21H25N3O5. The van der Waals surface area contributed by atoms with Crippen LogP contribution in [0.4, 0.5) is 5.69 Å². The largest absolute Gasteiger partial charge is 0.462 e. The molecule has 29 heavy (non-hydrogen) atoms. The van der Waals surface area contributed by atoms with Crippen molar-refractivity contribution in [2.45, 2.75) is 20.8 Å². The van der Waals surface area contributed by atoms with Crippen molar-refractivity contribution in [2.24, 2.45) is 0 Å². The first-order valence-corrected chi connectivity index (χ1v) is 9.28. The Labute approximate surface area is 169 Å². The van der Waals surface area contributed by atoms with Gasteiger partial charge in [0.1, 0.15) is 11.5 Å². The predicted molar refractivity (Wildman–Crippen MR) is 109 cm³/mol. The molecule has 1 aromatic heterocycles. The lowest BCUT2D eigenvalue weighted by atomic mass is 10.2. The maximum Gasteiger partial charge on any atom is 0.331 e. The maximum atomic E-state index is 12.1. The number of anilines is 1. The fourth-order valence-electron chi connectivity index (χ4n) is 2.53. The van der Waals surface area contributed by atoms with Gasteiger partial charge in [-0.15, -0.1) is 0 Å². The minimum Gasteiger partial charge on any atom is -0.462 e. The fraction of sp³-hybridized carbons (Fsp3) is 0.286. The number of nitrogens with zero attached hydrogens (tertiary/aromatic N) is 1. The van der Waals surface area contributed by atoms with Crippen LogP contribution < -0.4 is 15.8 Å². The number of rotatable bonds is 8. The molecule has 2 rings (SSSR count). The molecule has 8 heteroatoms. The molecule has 0 radical (unpaired) electrons. The van der Waals surface area contributed by atoms with E-state index in [0.29, 0.717) is 11.3 Å². The van der Waals surface area contributed by atoms with Gasteiger partial charge >= 0.3 is 5.97 Å². The third-order valence-electron chi connectivity index (χ3n) is 4.06. The standard InChI is InChI=1S/C21H25N3O5/c1-4-24(5-2)17-9-7-16(8-10-17)21(27)23-22-19(25)14-28-20(26)13-12-18-11-6-15(3)29-18/h6-13H,4-5,14H2,1-3H3,(H,22,25)(H,23,27)/b13-12+. The Bertz CT molecular complexity index is 867. The van der Waals surface area contributed by atoms with Gasteiger partial charge in [-0.05, 0) is 63.2 Å². The molecule has 0 aliphatic rings. The molecule has 0 bridgehead atoms. The molecule has 0 saturated carbocycles. The van der Waals surface area contributed by atoms with E-state index in [1.165, 1.54) is 6.08 Å². The Morgan fingerprint density at radius 2 is 1.72 bits per heavy atom. The normalized spacial score (nSPS) is 10.6. The number of ether oxygens (including phenoxy) is 1. The van der Waals surface area contributed by atoms with E-state index in [2.05, 4.69) is 29.6 Å². The average Bonchev–Trinajstić information content (AvgIpc) is 3.15. The molecule has 0 unspecified atom stereocenters. The number of aryl methyl sites for hydroxylation is 1. The van der Waals surface area contributed by atoms with Gasteiger partial charge in [0.2, 0.25) is 0 Å². The van der Waals surface area contributed by atoms with E-state index in [4.69, 9.17) is 9.15 Å². The number of benzene rings is 1. The number of carbonyl (C=O) groups excluding carboxylic acids is 3. The lowest BCUT2D eigenvalue weighted by molar-refractivity contribution is -0.144. The summed E-state index contributed by atoms with van der Waals surface area (Å²) in [6.45, 7) is 7.11. The lowest BCUT2D eigenvalue weighted by Gasteiger charge is -2.21. The number of esters is 1. The summed E-state index contributed by atoms with van der Waals surface area (Å²) in [6, 6.07) is 10.5. The van der Waals surface area contributed by atoms with Crippen molar-refractivity contribution in [1.82, 2.24) is 10.9 Å². The third-order valence-corrected chi connectivity index (χ3v) is 4.06. The zero-order valence-corrected chi connectivity index (χ0v) is 16.7. The fourth-order valence-corrected chi connectivity index (χ4v) is 2.53. The van der Waals surface area contributed by atoms with E-state index in [1.807, 2.05) is 12.1 Å². The zero-order chi connectivity index (χ0) is 21.2. The van der Waals surface area contributed by atoms with Gasteiger partial charge in [0, 0.05) is 30.4 Å². The first-order chi connectivity index (χ1) is 13.9. The molecule has 1 aromatic carbocycles. The van der Waals surface area contributed by atoms with Gasteiger partial charge in [-0.1, -0.05) is 0 Å². The van der Waals surface area contributed by atoms with Crippen LogP contribution in [0, 0.1) is 6.92 Å². The molecule has 2 aromatic rings. The van der Waals surface area contributed by atoms with Crippen LogP contribution in [0.15, 0.2) is 46.9 Å². The quantitative estimate of drug-likeness (QED) is 0.402. The van der Waals surface area contributed by atoms with Crippen molar-refractivity contribution >= 4 is 29.5 Å². The minimum absolute atomic E-state index is 0.398. The van der Waals surface area contributed by atoms with E-state index in [0.717, 1.165) is 30.6 Å². The minimum atomic E-state index is -0.701. The molecule has 0 aliphatic heterocycles. The lowest BCUT2D eigenvalue weighted by Crippen LogP contribution is -2.43. The van der Waals surface area contributed by atoms with Crippen molar-refractivity contribution in [3.63, 3.8) is 0 Å². The van der Waals surface area contributed by atoms with Gasteiger partial charge < -0.3 is 14.1 Å². The van der Waals surface area contributed by atoms with Crippen molar-refractivity contribution in [3.05, 3.63) is 59.6 Å². The molecule has 0 fully saturated rings. The average molecular weight is 399 g/mol. The summed E-state index contributed by atoms with van der Waals surface area (Å²) in [6.07, 6.45) is 2.60. The van der Waals surface area contributed by atoms with Gasteiger partial charge in [-0.3, -0.25) is 20.4 Å². The second-order valence-electron chi connectivity index (χ2n) is 6.11. The van der Waals surface area contributed by atoms with E-state index in [1.54, 1.807) is 31.2 Å². The van der Waals surface area contributed by atoms with E-state index in [-0.39, 0.29) is 0 Å². The van der Waals surface area contributed by atoms with Crippen molar-refractivity contribution in [2.75, 3.05) is 24.6 Å². The number of furan rings is 1. The summed E-state index contributed by atoms with van der Waals surface area (Å²) < 4.78 is 10.1. The Kier molecular flexibility index (Phi) is 8.02. The highest BCUT2D eigenvalue weighted by molar-refractivity contribution is 5.96. The molecular weight excluding hydrogens is 374 g/mol. The summed E-state index contributed by atoms with van der Waals surface area (Å²) in [5.41, 5.74) is 5.90. The smallest absolute Gasteiger partial charge is 0.331 e. The zero-order valence-electron chi connectivity index (χ0n) is 16.7. The van der Waals surface area contributed by atoms with Crippen molar-refractivity contribution in [1.29, 1.82) is 0 Å². The maximum absolute atomic E-state index is 12.1. The van der Waals surface area contributed by atoms with Crippen LogP contribution in [0.25, 0.3) is 6.08 Å². The number of nitrogens with one attached hydrogen (secondary N) is 2. The molecule has 8 nitrogen and oxygen atoms in total. The second kappa shape index (κ2) is 10.7. The van der Waals surface area contributed by atoms with Gasteiger partial charge in [-0.25, -0.2) is 4.79 Å². The van der Waals surface area contributed by atoms with Crippen LogP contribution in [0.3, 0.4) is 0 Å². The van der Waals surface area contributed by atoms with E-state index in [9.17, 15) is 14.4 Å². The number of hydrazine groups is 1. The van der Waals surface area contributed by atoms with Gasteiger partial charge in [0.05, 0.1) is 0 Å². The van der Waals surface area contributed by atoms with E-state index >= 15 is 0 Å². The SMILES string of the molecule is CCN(CC)c1ccc(C(=O)NNC(=O)COC(=O)/C=C/c2ccc(C)o2)cc1. The Morgan fingerprint density at radius 3 is 2.31 bits per heavy atom. The van der Waals surface area contributed by atoms with Gasteiger partial charge in [-0.2, -0.15) is 0 Å². The highest BCUT2D eigenvalue weighted by Crippen LogP contribution is 2.14. The summed E-state index contributed by atoms with van der Waals surface area (Å²) in [7, 11) is 0. The first kappa shape index (κ1) is 21.7. The highest BCUT2D eigenvalue weighted by Gasteiger charge is 2.10. The van der Waals surface area contributed by atoms with E-state index < -0.39 is 24.4 Å². The van der Waals surface area contributed by atoms with Crippen molar-refractivity contribution < 1.29 is 23.5 Å². The number of amides is 2. The summed E-state index contributed by atoms with van der Waals surface area (Å²) in [4.78, 5) is 37.6. The predicted octanol–water partition coefficient (Wildman–Crippen LogP) is 2.45. The molecule has 0 atom stereocenters. The Balaban J connectivity index is 1.74. The topological polar surface area (TPSA) is 101 Å². The van der Waals surface area contributed by atoms with Crippen LogP contribution >= 0.6 is 0 Å². The monoisotopic (exact) mass is 399 g/mol. The molecule has 2 N–H and O–H groups in total. The number of carbonyl (C=O) groups is 3. The summed E-state index contributed by atoms with van der Waals surface area (Å²) >= 11 is 0. The molecule has 0 aliphatic carbocycles. The van der Waals surface area contributed by atoms with Crippen LogP contribution in [-0.2, 0) is 14.3 Å². The summed E-state index contributed by atoms with van der Waals surface area (Å²) in [5.74, 6) is -0.607. The molecule has 1 heterocycles. The molecule has 0 spiro atoms. The third kappa shape index (κ3) is 6.84.